The van der Waals surface area contributed by atoms with E-state index in [4.69, 9.17) is 9.47 Å². The van der Waals surface area contributed by atoms with E-state index in [1.54, 1.807) is 32.1 Å². The van der Waals surface area contributed by atoms with Gasteiger partial charge in [-0.3, -0.25) is 4.79 Å². The van der Waals surface area contributed by atoms with E-state index in [-0.39, 0.29) is 5.97 Å². The number of allylic oxidation sites excluding steroid dienone is 5. The Labute approximate surface area is 179 Å². The van der Waals surface area contributed by atoms with Crippen LogP contribution in [0.4, 0.5) is 0 Å². The van der Waals surface area contributed by atoms with Crippen molar-refractivity contribution in [1.29, 1.82) is 5.26 Å². The van der Waals surface area contributed by atoms with Gasteiger partial charge in [-0.2, -0.15) is 5.26 Å². The molecule has 0 saturated carbocycles. The third-order valence-corrected chi connectivity index (χ3v) is 4.45. The van der Waals surface area contributed by atoms with Gasteiger partial charge >= 0.3 is 5.97 Å². The molecular formula is C24H33NO5. The number of unbranched alkanes of at least 4 members (excludes halogenated alkanes) is 1. The number of esters is 1. The van der Waals surface area contributed by atoms with Gasteiger partial charge in [-0.25, -0.2) is 4.79 Å². The third-order valence-electron chi connectivity index (χ3n) is 4.45. The Balaban J connectivity index is 2.62. The van der Waals surface area contributed by atoms with Crippen LogP contribution < -0.4 is 0 Å². The molecule has 1 heterocycles. The summed E-state index contributed by atoms with van der Waals surface area (Å²) in [6.07, 6.45) is 8.78. The van der Waals surface area contributed by atoms with Crippen molar-refractivity contribution in [3.8, 4) is 6.07 Å². The maximum Gasteiger partial charge on any atom is 0.338 e. The summed E-state index contributed by atoms with van der Waals surface area (Å²) in [5.74, 6) is -0.759. The number of nitrogens with zero attached hydrogens (tertiary/aromatic N) is 1. The largest absolute Gasteiger partial charge is 0.456 e. The molecule has 1 aliphatic rings. The molecule has 6 heteroatoms. The number of rotatable bonds is 9. The highest BCUT2D eigenvalue weighted by molar-refractivity contribution is 6.06. The van der Waals surface area contributed by atoms with Gasteiger partial charge in [-0.15, -0.1) is 0 Å². The zero-order valence-corrected chi connectivity index (χ0v) is 19.0. The minimum absolute atomic E-state index is 0.362. The summed E-state index contributed by atoms with van der Waals surface area (Å²) >= 11 is 0. The van der Waals surface area contributed by atoms with Gasteiger partial charge < -0.3 is 14.6 Å². The highest BCUT2D eigenvalue weighted by Gasteiger charge is 2.65. The molecule has 3 unspecified atom stereocenters. The zero-order chi connectivity index (χ0) is 23.1. The average molecular weight is 416 g/mol. The molecule has 1 N–H and O–H groups in total. The van der Waals surface area contributed by atoms with Crippen LogP contribution in [0.15, 0.2) is 47.1 Å². The van der Waals surface area contributed by atoms with Crippen molar-refractivity contribution in [3.05, 3.63) is 47.1 Å². The quantitative estimate of drug-likeness (QED) is 0.200. The lowest BCUT2D eigenvalue weighted by Crippen LogP contribution is -2.30. The van der Waals surface area contributed by atoms with Crippen molar-refractivity contribution in [2.24, 2.45) is 0 Å². The Morgan fingerprint density at radius 3 is 2.40 bits per heavy atom. The molecule has 1 rings (SSSR count). The number of aliphatic hydroxyl groups excluding tert-OH is 1. The van der Waals surface area contributed by atoms with E-state index in [1.807, 2.05) is 45.9 Å². The molecule has 0 aliphatic carbocycles. The fourth-order valence-electron chi connectivity index (χ4n) is 2.87. The zero-order valence-electron chi connectivity index (χ0n) is 19.0. The van der Waals surface area contributed by atoms with Gasteiger partial charge in [0.1, 0.15) is 17.8 Å². The van der Waals surface area contributed by atoms with Gasteiger partial charge in [-0.1, -0.05) is 29.9 Å². The molecule has 0 aromatic heterocycles. The summed E-state index contributed by atoms with van der Waals surface area (Å²) in [5, 5.41) is 18.8. The van der Waals surface area contributed by atoms with Crippen molar-refractivity contribution >= 4 is 11.8 Å². The van der Waals surface area contributed by atoms with Crippen LogP contribution >= 0.6 is 0 Å². The summed E-state index contributed by atoms with van der Waals surface area (Å²) < 4.78 is 10.6. The second-order valence-electron chi connectivity index (χ2n) is 8.46. The van der Waals surface area contributed by atoms with E-state index in [1.165, 1.54) is 6.92 Å². The van der Waals surface area contributed by atoms with E-state index >= 15 is 0 Å². The average Bonchev–Trinajstić information content (AvgIpc) is 3.40. The number of carbonyl (C=O) groups is 2. The minimum Gasteiger partial charge on any atom is -0.456 e. The Morgan fingerprint density at radius 2 is 1.93 bits per heavy atom. The number of epoxide rings is 1. The lowest BCUT2D eigenvalue weighted by molar-refractivity contribution is -0.149. The fourth-order valence-corrected chi connectivity index (χ4v) is 2.87. The van der Waals surface area contributed by atoms with Crippen molar-refractivity contribution in [3.63, 3.8) is 0 Å². The molecule has 6 nitrogen and oxygen atoms in total. The summed E-state index contributed by atoms with van der Waals surface area (Å²) in [4.78, 5) is 24.6. The van der Waals surface area contributed by atoms with Gasteiger partial charge in [0.15, 0.2) is 0 Å². The number of nitriles is 1. The van der Waals surface area contributed by atoms with Crippen LogP contribution in [0.5, 0.6) is 0 Å². The second kappa shape index (κ2) is 10.5. The molecule has 0 spiro atoms. The second-order valence-corrected chi connectivity index (χ2v) is 8.46. The van der Waals surface area contributed by atoms with Crippen LogP contribution in [-0.2, 0) is 19.1 Å². The predicted octanol–water partition coefficient (Wildman–Crippen LogP) is 4.11. The Hall–Kier alpha value is -2.49. The molecule has 1 saturated heterocycles. The highest BCUT2D eigenvalue weighted by Crippen LogP contribution is 2.41. The van der Waals surface area contributed by atoms with Crippen molar-refractivity contribution in [1.82, 2.24) is 0 Å². The standard InChI is InChI=1S/C24H33NO5/c1-8-19(22(28)30-23(5,6)7)14-16(2)12-10-9-11-13-17(3)20(27)24(15-25)21(29-24)18(4)26/h8,10,12-14,18,21,26H,9,11H2,1-7H3/b12-10+,16-14+,17-13+,19-8+. The maximum absolute atomic E-state index is 12.5. The number of ketones is 1. The molecule has 0 aromatic carbocycles. The van der Waals surface area contributed by atoms with Crippen molar-refractivity contribution in [2.75, 3.05) is 0 Å². The first-order valence-electron chi connectivity index (χ1n) is 10.1. The topological polar surface area (TPSA) is 99.9 Å². The molecule has 30 heavy (non-hydrogen) atoms. The number of ether oxygens (including phenoxy) is 2. The lowest BCUT2D eigenvalue weighted by atomic mass is 9.93. The van der Waals surface area contributed by atoms with Gasteiger partial charge in [0, 0.05) is 0 Å². The fraction of sp³-hybridized carbons (Fsp3) is 0.542. The number of hydrogen-bond donors (Lipinski definition) is 1. The molecule has 0 amide bonds. The molecule has 164 valence electrons. The summed E-state index contributed by atoms with van der Waals surface area (Å²) in [7, 11) is 0. The van der Waals surface area contributed by atoms with E-state index in [0.29, 0.717) is 24.0 Å². The maximum atomic E-state index is 12.5. The smallest absolute Gasteiger partial charge is 0.338 e. The van der Waals surface area contributed by atoms with Gasteiger partial charge in [0.05, 0.1) is 11.7 Å². The predicted molar refractivity (Wildman–Crippen MR) is 115 cm³/mol. The molecule has 0 aromatic rings. The number of hydrogen-bond acceptors (Lipinski definition) is 6. The van der Waals surface area contributed by atoms with Crippen molar-refractivity contribution in [2.45, 2.75) is 84.7 Å². The van der Waals surface area contributed by atoms with Crippen LogP contribution in [0, 0.1) is 11.3 Å². The van der Waals surface area contributed by atoms with E-state index in [2.05, 4.69) is 0 Å². The normalized spacial score (nSPS) is 23.8. The number of aliphatic hydroxyl groups is 1. The first-order chi connectivity index (χ1) is 13.9. The first kappa shape index (κ1) is 25.5. The molecule has 0 bridgehead atoms. The van der Waals surface area contributed by atoms with Crippen LogP contribution in [0.3, 0.4) is 0 Å². The molecule has 1 aliphatic heterocycles. The Morgan fingerprint density at radius 1 is 1.30 bits per heavy atom. The minimum atomic E-state index is -1.55. The Bertz CT molecular complexity index is 818. The highest BCUT2D eigenvalue weighted by atomic mass is 16.6. The number of Topliss-reactive ketones (excluding diaryl/α,β-unsaturated/α-hetero) is 1. The molecular weight excluding hydrogens is 382 g/mol. The van der Waals surface area contributed by atoms with Gasteiger partial charge in [0.25, 0.3) is 0 Å². The molecule has 1 fully saturated rings. The van der Waals surface area contributed by atoms with Gasteiger partial charge in [-0.05, 0) is 73.0 Å². The van der Waals surface area contributed by atoms with Gasteiger partial charge in [0.2, 0.25) is 11.4 Å². The van der Waals surface area contributed by atoms with E-state index in [9.17, 15) is 20.0 Å². The molecule has 0 radical (unpaired) electrons. The monoisotopic (exact) mass is 415 g/mol. The Kier molecular flexibility index (Phi) is 8.95. The SMILES string of the molecule is C\C=C(/C=C(C)/C=C/CC/C=C(\C)C(=O)C1(C#N)OC1C(C)O)C(=O)OC(C)(C)C. The summed E-state index contributed by atoms with van der Waals surface area (Å²) in [5.41, 5.74) is -0.252. The van der Waals surface area contributed by atoms with E-state index < -0.39 is 29.2 Å². The summed E-state index contributed by atoms with van der Waals surface area (Å²) in [6.45, 7) is 12.3. The summed E-state index contributed by atoms with van der Waals surface area (Å²) in [6, 6.07) is 1.89. The lowest BCUT2D eigenvalue weighted by Gasteiger charge is -2.19. The third kappa shape index (κ3) is 7.08. The van der Waals surface area contributed by atoms with Crippen LogP contribution in [-0.4, -0.2) is 40.3 Å². The van der Waals surface area contributed by atoms with E-state index in [0.717, 1.165) is 5.57 Å². The van der Waals surface area contributed by atoms with Crippen LogP contribution in [0.1, 0.15) is 61.3 Å². The van der Waals surface area contributed by atoms with Crippen molar-refractivity contribution < 1.29 is 24.2 Å². The van der Waals surface area contributed by atoms with Crippen LogP contribution in [0.25, 0.3) is 0 Å². The number of carbonyl (C=O) groups excluding carboxylic acids is 2. The first-order valence-corrected chi connectivity index (χ1v) is 10.1. The van der Waals surface area contributed by atoms with Crippen LogP contribution in [0.2, 0.25) is 0 Å². The molecule has 3 atom stereocenters.